The fourth-order valence-electron chi connectivity index (χ4n) is 3.06. The Morgan fingerprint density at radius 2 is 2.08 bits per heavy atom. The molecule has 1 aromatic carbocycles. The van der Waals surface area contributed by atoms with Crippen LogP contribution in [0.5, 0.6) is 5.75 Å². The van der Waals surface area contributed by atoms with Crippen LogP contribution in [0.2, 0.25) is 0 Å². The first-order chi connectivity index (χ1) is 12.0. The van der Waals surface area contributed by atoms with E-state index < -0.39 is 10.0 Å². The van der Waals surface area contributed by atoms with Gasteiger partial charge in [-0.1, -0.05) is 6.42 Å². The summed E-state index contributed by atoms with van der Waals surface area (Å²) in [5.41, 5.74) is 5.72. The lowest BCUT2D eigenvalue weighted by Gasteiger charge is -2.19. The van der Waals surface area contributed by atoms with Crippen molar-refractivity contribution in [3.8, 4) is 5.75 Å². The number of nitrogens with zero attached hydrogens (tertiary/aromatic N) is 3. The predicted molar refractivity (Wildman–Crippen MR) is 92.3 cm³/mol. The van der Waals surface area contributed by atoms with Gasteiger partial charge in [-0.2, -0.15) is 5.10 Å². The quantitative estimate of drug-likeness (QED) is 0.750. The SMILES string of the molecule is Cn1ncnc1COc1ccc(S(=O)(=O)N[C@H]2CCC[C@@H]2CN)cc1. The van der Waals surface area contributed by atoms with Crippen LogP contribution >= 0.6 is 0 Å². The number of aromatic nitrogens is 3. The number of nitrogens with one attached hydrogen (secondary N) is 1. The van der Waals surface area contributed by atoms with Crippen LogP contribution in [0, 0.1) is 5.92 Å². The molecule has 2 atom stereocenters. The highest BCUT2D eigenvalue weighted by Gasteiger charge is 2.30. The number of benzene rings is 1. The van der Waals surface area contributed by atoms with Gasteiger partial charge in [-0.3, -0.25) is 4.68 Å². The van der Waals surface area contributed by atoms with Crippen LogP contribution < -0.4 is 15.2 Å². The summed E-state index contributed by atoms with van der Waals surface area (Å²) >= 11 is 0. The summed E-state index contributed by atoms with van der Waals surface area (Å²) in [5, 5.41) is 3.97. The minimum atomic E-state index is -3.56. The van der Waals surface area contributed by atoms with E-state index in [4.69, 9.17) is 10.5 Å². The standard InChI is InChI=1S/C16H23N5O3S/c1-21-16(18-11-19-21)10-24-13-5-7-14(8-6-13)25(22,23)20-15-4-2-3-12(15)9-17/h5-8,11-12,15,20H,2-4,9-10,17H2,1H3/t12-,15+/m1/s1. The van der Waals surface area contributed by atoms with Crippen molar-refractivity contribution >= 4 is 10.0 Å². The van der Waals surface area contributed by atoms with Crippen molar-refractivity contribution < 1.29 is 13.2 Å². The molecular weight excluding hydrogens is 342 g/mol. The van der Waals surface area contributed by atoms with E-state index in [0.29, 0.717) is 18.1 Å². The zero-order valence-corrected chi connectivity index (χ0v) is 14.9. The van der Waals surface area contributed by atoms with Gasteiger partial charge in [0.2, 0.25) is 10.0 Å². The maximum atomic E-state index is 12.5. The molecule has 2 aromatic rings. The Kier molecular flexibility index (Phi) is 5.36. The number of hydrogen-bond donors (Lipinski definition) is 2. The summed E-state index contributed by atoms with van der Waals surface area (Å²) in [6.45, 7) is 0.767. The molecule has 0 amide bonds. The summed E-state index contributed by atoms with van der Waals surface area (Å²) < 4.78 is 35.1. The van der Waals surface area contributed by atoms with Crippen LogP contribution in [-0.2, 0) is 23.7 Å². The highest BCUT2D eigenvalue weighted by molar-refractivity contribution is 7.89. The largest absolute Gasteiger partial charge is 0.486 e. The van der Waals surface area contributed by atoms with Crippen molar-refractivity contribution in [2.75, 3.05) is 6.54 Å². The molecule has 0 saturated heterocycles. The Morgan fingerprint density at radius 3 is 2.72 bits per heavy atom. The highest BCUT2D eigenvalue weighted by Crippen LogP contribution is 2.26. The lowest BCUT2D eigenvalue weighted by molar-refractivity contribution is 0.289. The van der Waals surface area contributed by atoms with E-state index in [1.807, 2.05) is 0 Å². The number of rotatable bonds is 7. The highest BCUT2D eigenvalue weighted by atomic mass is 32.2. The van der Waals surface area contributed by atoms with Crippen LogP contribution in [0.4, 0.5) is 0 Å². The van der Waals surface area contributed by atoms with Crippen LogP contribution in [0.1, 0.15) is 25.1 Å². The van der Waals surface area contributed by atoms with Gasteiger partial charge in [0, 0.05) is 13.1 Å². The van der Waals surface area contributed by atoms with Crippen molar-refractivity contribution in [3.05, 3.63) is 36.4 Å². The average Bonchev–Trinajstić information content (AvgIpc) is 3.21. The molecule has 1 aliphatic carbocycles. The van der Waals surface area contributed by atoms with E-state index >= 15 is 0 Å². The van der Waals surface area contributed by atoms with Gasteiger partial charge in [-0.15, -0.1) is 0 Å². The summed E-state index contributed by atoms with van der Waals surface area (Å²) in [4.78, 5) is 4.29. The van der Waals surface area contributed by atoms with E-state index in [1.165, 1.54) is 6.33 Å². The second-order valence-corrected chi connectivity index (χ2v) is 7.93. The van der Waals surface area contributed by atoms with Gasteiger partial charge in [0.05, 0.1) is 4.90 Å². The summed E-state index contributed by atoms with van der Waals surface area (Å²) in [6, 6.07) is 6.28. The lowest BCUT2D eigenvalue weighted by Crippen LogP contribution is -2.39. The Bertz CT molecular complexity index is 803. The predicted octanol–water partition coefficient (Wildman–Crippen LogP) is 0.800. The first kappa shape index (κ1) is 17.8. The maximum absolute atomic E-state index is 12.5. The normalized spacial score (nSPS) is 20.7. The van der Waals surface area contributed by atoms with E-state index in [2.05, 4.69) is 14.8 Å². The van der Waals surface area contributed by atoms with Crippen LogP contribution in [-0.4, -0.2) is 35.8 Å². The minimum absolute atomic E-state index is 0.0816. The van der Waals surface area contributed by atoms with E-state index in [1.54, 1.807) is 36.0 Å². The second kappa shape index (κ2) is 7.51. The van der Waals surface area contributed by atoms with Gasteiger partial charge >= 0.3 is 0 Å². The van der Waals surface area contributed by atoms with Gasteiger partial charge in [0.25, 0.3) is 0 Å². The Labute approximate surface area is 147 Å². The number of nitrogens with two attached hydrogens (primary N) is 1. The molecule has 0 spiro atoms. The molecule has 1 aliphatic rings. The van der Waals surface area contributed by atoms with Crippen LogP contribution in [0.3, 0.4) is 0 Å². The fraction of sp³-hybridized carbons (Fsp3) is 0.500. The van der Waals surface area contributed by atoms with Crippen molar-refractivity contribution in [3.63, 3.8) is 0 Å². The van der Waals surface area contributed by atoms with Gasteiger partial charge < -0.3 is 10.5 Å². The molecule has 0 unspecified atom stereocenters. The third-order valence-corrected chi connectivity index (χ3v) is 6.08. The van der Waals surface area contributed by atoms with E-state index in [-0.39, 0.29) is 23.5 Å². The van der Waals surface area contributed by atoms with Gasteiger partial charge in [-0.25, -0.2) is 18.1 Å². The molecule has 9 heteroatoms. The summed E-state index contributed by atoms with van der Waals surface area (Å²) in [7, 11) is -1.77. The molecule has 0 bridgehead atoms. The summed E-state index contributed by atoms with van der Waals surface area (Å²) in [6.07, 6.45) is 4.26. The van der Waals surface area contributed by atoms with Gasteiger partial charge in [0.1, 0.15) is 18.7 Å². The lowest BCUT2D eigenvalue weighted by atomic mass is 10.1. The van der Waals surface area contributed by atoms with Gasteiger partial charge in [-0.05, 0) is 49.6 Å². The van der Waals surface area contributed by atoms with E-state index in [0.717, 1.165) is 19.3 Å². The third kappa shape index (κ3) is 4.17. The molecule has 8 nitrogen and oxygen atoms in total. The maximum Gasteiger partial charge on any atom is 0.240 e. The second-order valence-electron chi connectivity index (χ2n) is 6.21. The molecular formula is C16H23N5O3S. The fourth-order valence-corrected chi connectivity index (χ4v) is 4.39. The first-order valence-corrected chi connectivity index (χ1v) is 9.76. The zero-order valence-electron chi connectivity index (χ0n) is 14.1. The van der Waals surface area contributed by atoms with Crippen molar-refractivity contribution in [2.45, 2.75) is 36.8 Å². The molecule has 1 saturated carbocycles. The molecule has 3 rings (SSSR count). The zero-order chi connectivity index (χ0) is 17.9. The third-order valence-electron chi connectivity index (χ3n) is 4.58. The van der Waals surface area contributed by atoms with Crippen molar-refractivity contribution in [1.29, 1.82) is 0 Å². The topological polar surface area (TPSA) is 112 Å². The van der Waals surface area contributed by atoms with Crippen LogP contribution in [0.15, 0.2) is 35.5 Å². The van der Waals surface area contributed by atoms with Gasteiger partial charge in [0.15, 0.2) is 5.82 Å². The molecule has 1 heterocycles. The smallest absolute Gasteiger partial charge is 0.240 e. The number of sulfonamides is 1. The Hall–Kier alpha value is -1.97. The summed E-state index contributed by atoms with van der Waals surface area (Å²) in [5.74, 6) is 1.47. The average molecular weight is 365 g/mol. The number of ether oxygens (including phenoxy) is 1. The molecule has 25 heavy (non-hydrogen) atoms. The molecule has 0 radical (unpaired) electrons. The molecule has 0 aliphatic heterocycles. The van der Waals surface area contributed by atoms with Crippen molar-refractivity contribution in [1.82, 2.24) is 19.5 Å². The minimum Gasteiger partial charge on any atom is -0.486 e. The molecule has 1 fully saturated rings. The molecule has 1 aromatic heterocycles. The van der Waals surface area contributed by atoms with Crippen molar-refractivity contribution in [2.24, 2.45) is 18.7 Å². The number of aryl methyl sites for hydroxylation is 1. The first-order valence-electron chi connectivity index (χ1n) is 8.28. The van der Waals surface area contributed by atoms with Crippen LogP contribution in [0.25, 0.3) is 0 Å². The molecule has 3 N–H and O–H groups in total. The Balaban J connectivity index is 1.63. The molecule has 136 valence electrons. The monoisotopic (exact) mass is 365 g/mol. The Morgan fingerprint density at radius 1 is 1.32 bits per heavy atom. The number of hydrogen-bond acceptors (Lipinski definition) is 6. The van der Waals surface area contributed by atoms with E-state index in [9.17, 15) is 8.42 Å².